The van der Waals surface area contributed by atoms with Gasteiger partial charge in [-0.25, -0.2) is 9.59 Å². The molecule has 4 N–H and O–H groups in total. The van der Waals surface area contributed by atoms with Gasteiger partial charge < -0.3 is 21.1 Å². The lowest BCUT2D eigenvalue weighted by Gasteiger charge is -2.26. The molecule has 3 amide bonds. The molecule has 0 aromatic carbocycles. The Balaban J connectivity index is 4.45. The van der Waals surface area contributed by atoms with E-state index >= 15 is 0 Å². The van der Waals surface area contributed by atoms with E-state index in [-0.39, 0.29) is 18.9 Å². The van der Waals surface area contributed by atoms with Crippen molar-refractivity contribution < 1.29 is 19.5 Å². The third-order valence-electron chi connectivity index (χ3n) is 2.66. The zero-order valence-corrected chi connectivity index (χ0v) is 12.2. The van der Waals surface area contributed by atoms with Crippen LogP contribution in [0.3, 0.4) is 0 Å². The minimum absolute atomic E-state index is 0.0127. The molecule has 2 atom stereocenters. The van der Waals surface area contributed by atoms with Crippen LogP contribution in [-0.2, 0) is 9.59 Å². The SMILES string of the molecule is CSCC(C)N(C)C(=O)NC(CCC(N)=O)C(=O)O. The summed E-state index contributed by atoms with van der Waals surface area (Å²) in [6.45, 7) is 1.87. The van der Waals surface area contributed by atoms with Crippen molar-refractivity contribution in [2.45, 2.75) is 31.8 Å². The highest BCUT2D eigenvalue weighted by Crippen LogP contribution is 2.05. The van der Waals surface area contributed by atoms with E-state index in [9.17, 15) is 14.4 Å². The van der Waals surface area contributed by atoms with E-state index in [0.29, 0.717) is 0 Å². The Morgan fingerprint density at radius 2 is 2.00 bits per heavy atom. The number of thioether (sulfide) groups is 1. The second-order valence-corrected chi connectivity index (χ2v) is 5.17. The molecule has 0 aromatic rings. The molecular weight excluding hydrogens is 270 g/mol. The van der Waals surface area contributed by atoms with Gasteiger partial charge in [0.15, 0.2) is 0 Å². The van der Waals surface area contributed by atoms with Gasteiger partial charge in [0.2, 0.25) is 5.91 Å². The standard InChI is InChI=1S/C11H21N3O4S/c1-7(6-19-3)14(2)11(18)13-8(10(16)17)4-5-9(12)15/h7-8H,4-6H2,1-3H3,(H2,12,15)(H,13,18)(H,16,17). The Morgan fingerprint density at radius 3 is 2.42 bits per heavy atom. The number of aliphatic carboxylic acids is 1. The van der Waals surface area contributed by atoms with Gasteiger partial charge in [-0.1, -0.05) is 0 Å². The number of nitrogens with one attached hydrogen (secondary N) is 1. The molecule has 0 spiro atoms. The van der Waals surface area contributed by atoms with Gasteiger partial charge in [0.05, 0.1) is 0 Å². The van der Waals surface area contributed by atoms with E-state index in [2.05, 4.69) is 5.32 Å². The maximum atomic E-state index is 11.8. The van der Waals surface area contributed by atoms with Crippen molar-refractivity contribution in [3.05, 3.63) is 0 Å². The first-order chi connectivity index (χ1) is 8.79. The van der Waals surface area contributed by atoms with Crippen LogP contribution in [0.5, 0.6) is 0 Å². The summed E-state index contributed by atoms with van der Waals surface area (Å²) in [5, 5.41) is 11.4. The fourth-order valence-corrected chi connectivity index (χ4v) is 2.05. The number of urea groups is 1. The van der Waals surface area contributed by atoms with Crippen molar-refractivity contribution in [2.24, 2.45) is 5.73 Å². The number of hydrogen-bond donors (Lipinski definition) is 3. The van der Waals surface area contributed by atoms with E-state index in [1.807, 2.05) is 13.2 Å². The molecular formula is C11H21N3O4S. The number of hydrogen-bond acceptors (Lipinski definition) is 4. The topological polar surface area (TPSA) is 113 Å². The van der Waals surface area contributed by atoms with Gasteiger partial charge in [0, 0.05) is 25.3 Å². The van der Waals surface area contributed by atoms with Crippen molar-refractivity contribution in [1.29, 1.82) is 0 Å². The second kappa shape index (κ2) is 8.63. The summed E-state index contributed by atoms with van der Waals surface area (Å²) in [5.41, 5.74) is 4.96. The van der Waals surface area contributed by atoms with Gasteiger partial charge in [-0.3, -0.25) is 4.79 Å². The van der Waals surface area contributed by atoms with Crippen LogP contribution < -0.4 is 11.1 Å². The molecule has 0 rings (SSSR count). The molecule has 0 fully saturated rings. The summed E-state index contributed by atoms with van der Waals surface area (Å²) in [7, 11) is 1.60. The molecule has 2 unspecified atom stereocenters. The van der Waals surface area contributed by atoms with Gasteiger partial charge in [-0.2, -0.15) is 11.8 Å². The van der Waals surface area contributed by atoms with Crippen LogP contribution in [0.4, 0.5) is 4.79 Å². The Hall–Kier alpha value is -1.44. The number of nitrogens with two attached hydrogens (primary N) is 1. The molecule has 0 radical (unpaired) electrons. The summed E-state index contributed by atoms with van der Waals surface area (Å²) in [6.07, 6.45) is 1.83. The van der Waals surface area contributed by atoms with Crippen LogP contribution in [0.25, 0.3) is 0 Å². The van der Waals surface area contributed by atoms with Crippen LogP contribution in [0.15, 0.2) is 0 Å². The van der Waals surface area contributed by atoms with Gasteiger partial charge in [0.1, 0.15) is 6.04 Å². The molecule has 19 heavy (non-hydrogen) atoms. The highest BCUT2D eigenvalue weighted by molar-refractivity contribution is 7.98. The molecule has 0 heterocycles. The molecule has 110 valence electrons. The molecule has 0 aliphatic carbocycles. The zero-order valence-electron chi connectivity index (χ0n) is 11.4. The summed E-state index contributed by atoms with van der Waals surface area (Å²) in [5.74, 6) is -1.02. The largest absolute Gasteiger partial charge is 0.480 e. The number of nitrogens with zero attached hydrogens (tertiary/aromatic N) is 1. The molecule has 7 nitrogen and oxygen atoms in total. The predicted molar refractivity (Wildman–Crippen MR) is 74.0 cm³/mol. The van der Waals surface area contributed by atoms with Crippen LogP contribution in [0, 0.1) is 0 Å². The molecule has 0 saturated carbocycles. The smallest absolute Gasteiger partial charge is 0.326 e. The summed E-state index contributed by atoms with van der Waals surface area (Å²) in [4.78, 5) is 34.9. The first-order valence-corrected chi connectivity index (χ1v) is 7.22. The van der Waals surface area contributed by atoms with E-state index < -0.39 is 23.9 Å². The molecule has 0 bridgehead atoms. The third-order valence-corrected chi connectivity index (χ3v) is 3.48. The van der Waals surface area contributed by atoms with Crippen molar-refractivity contribution in [2.75, 3.05) is 19.1 Å². The summed E-state index contributed by atoms with van der Waals surface area (Å²) >= 11 is 1.60. The lowest BCUT2D eigenvalue weighted by atomic mass is 10.1. The summed E-state index contributed by atoms with van der Waals surface area (Å²) < 4.78 is 0. The number of carboxylic acid groups (broad SMARTS) is 1. The van der Waals surface area contributed by atoms with Gasteiger partial charge in [0.25, 0.3) is 0 Å². The van der Waals surface area contributed by atoms with Crippen molar-refractivity contribution in [1.82, 2.24) is 10.2 Å². The number of rotatable bonds is 8. The van der Waals surface area contributed by atoms with E-state index in [1.54, 1.807) is 18.8 Å². The van der Waals surface area contributed by atoms with Crippen molar-refractivity contribution in [3.8, 4) is 0 Å². The minimum Gasteiger partial charge on any atom is -0.480 e. The fourth-order valence-electron chi connectivity index (χ4n) is 1.35. The van der Waals surface area contributed by atoms with Crippen LogP contribution in [0.1, 0.15) is 19.8 Å². The Labute approximate surface area is 116 Å². The van der Waals surface area contributed by atoms with E-state index in [0.717, 1.165) is 5.75 Å². The number of carbonyl (C=O) groups is 3. The number of carbonyl (C=O) groups excluding carboxylic acids is 2. The minimum atomic E-state index is -1.18. The first kappa shape index (κ1) is 17.6. The highest BCUT2D eigenvalue weighted by Gasteiger charge is 2.23. The predicted octanol–water partition coefficient (Wildman–Crippen LogP) is 0.0980. The maximum absolute atomic E-state index is 11.8. The van der Waals surface area contributed by atoms with Crippen LogP contribution in [0.2, 0.25) is 0 Å². The molecule has 0 aliphatic heterocycles. The van der Waals surface area contributed by atoms with Gasteiger partial charge >= 0.3 is 12.0 Å². The fraction of sp³-hybridized carbons (Fsp3) is 0.727. The van der Waals surface area contributed by atoms with E-state index in [4.69, 9.17) is 10.8 Å². The molecule has 0 saturated heterocycles. The maximum Gasteiger partial charge on any atom is 0.326 e. The van der Waals surface area contributed by atoms with Crippen LogP contribution >= 0.6 is 11.8 Å². The second-order valence-electron chi connectivity index (χ2n) is 4.26. The average molecular weight is 291 g/mol. The lowest BCUT2D eigenvalue weighted by molar-refractivity contribution is -0.139. The third kappa shape index (κ3) is 6.90. The Morgan fingerprint density at radius 1 is 1.42 bits per heavy atom. The Bertz CT molecular complexity index is 338. The molecule has 0 aromatic heterocycles. The number of carboxylic acids is 1. The zero-order chi connectivity index (χ0) is 15.0. The monoisotopic (exact) mass is 291 g/mol. The quantitative estimate of drug-likeness (QED) is 0.587. The van der Waals surface area contributed by atoms with Crippen LogP contribution in [-0.4, -0.2) is 59.1 Å². The first-order valence-electron chi connectivity index (χ1n) is 5.83. The van der Waals surface area contributed by atoms with Crippen molar-refractivity contribution in [3.63, 3.8) is 0 Å². The number of primary amides is 1. The molecule has 0 aliphatic rings. The van der Waals surface area contributed by atoms with Crippen molar-refractivity contribution >= 4 is 29.7 Å². The Kier molecular flexibility index (Phi) is 7.97. The molecule has 8 heteroatoms. The normalized spacial score (nSPS) is 13.4. The lowest BCUT2D eigenvalue weighted by Crippen LogP contribution is -2.49. The van der Waals surface area contributed by atoms with E-state index in [1.165, 1.54) is 4.90 Å². The average Bonchev–Trinajstić information content (AvgIpc) is 2.32. The summed E-state index contributed by atoms with van der Waals surface area (Å²) in [6, 6.07) is -1.59. The highest BCUT2D eigenvalue weighted by atomic mass is 32.2. The number of amides is 3. The van der Waals surface area contributed by atoms with Gasteiger partial charge in [-0.15, -0.1) is 0 Å². The van der Waals surface area contributed by atoms with Gasteiger partial charge in [-0.05, 0) is 19.6 Å².